The Bertz CT molecular complexity index is 645. The highest BCUT2D eigenvalue weighted by atomic mass is 35.5. The molecule has 3 N–H and O–H groups in total. The number of benzene rings is 2. The van der Waals surface area contributed by atoms with Crippen molar-refractivity contribution in [1.82, 2.24) is 16.2 Å². The molecule has 2 aromatic carbocycles. The molecule has 1 aliphatic rings. The summed E-state index contributed by atoms with van der Waals surface area (Å²) in [5.41, 5.74) is 8.54. The van der Waals surface area contributed by atoms with Gasteiger partial charge in [-0.2, -0.15) is 0 Å². The molecule has 0 bridgehead atoms. The van der Waals surface area contributed by atoms with Gasteiger partial charge < -0.3 is 5.32 Å². The molecule has 2 aromatic rings. The number of amides is 1. The molecule has 0 saturated carbocycles. The smallest absolute Gasteiger partial charge is 0.226 e. The van der Waals surface area contributed by atoms with Crippen molar-refractivity contribution in [1.29, 1.82) is 0 Å². The maximum Gasteiger partial charge on any atom is 0.226 e. The van der Waals surface area contributed by atoms with Crippen molar-refractivity contribution in [2.45, 2.75) is 12.5 Å². The third-order valence-corrected chi connectivity index (χ3v) is 4.36. The monoisotopic (exact) mass is 329 g/mol. The first kappa shape index (κ1) is 16.0. The van der Waals surface area contributed by atoms with Crippen molar-refractivity contribution in [2.24, 2.45) is 5.92 Å². The first-order chi connectivity index (χ1) is 11.2. The fourth-order valence-corrected chi connectivity index (χ4v) is 2.96. The Morgan fingerprint density at radius 3 is 2.61 bits per heavy atom. The Morgan fingerprint density at radius 2 is 1.87 bits per heavy atom. The van der Waals surface area contributed by atoms with Gasteiger partial charge in [-0.15, -0.1) is 0 Å². The largest absolute Gasteiger partial charge is 0.355 e. The highest BCUT2D eigenvalue weighted by molar-refractivity contribution is 6.30. The first-order valence-corrected chi connectivity index (χ1v) is 8.17. The molecule has 120 valence electrons. The van der Waals surface area contributed by atoms with Gasteiger partial charge in [-0.25, -0.2) is 5.43 Å². The van der Waals surface area contributed by atoms with Crippen LogP contribution in [-0.2, 0) is 11.2 Å². The zero-order chi connectivity index (χ0) is 16.1. The predicted octanol–water partition coefficient (Wildman–Crippen LogP) is 2.46. The lowest BCUT2D eigenvalue weighted by atomic mass is 9.94. The molecule has 1 amide bonds. The lowest BCUT2D eigenvalue weighted by Gasteiger charge is -2.18. The van der Waals surface area contributed by atoms with Crippen molar-refractivity contribution in [3.8, 4) is 0 Å². The Morgan fingerprint density at radius 1 is 1.13 bits per heavy atom. The van der Waals surface area contributed by atoms with Crippen LogP contribution >= 0.6 is 11.6 Å². The van der Waals surface area contributed by atoms with Crippen LogP contribution in [0.2, 0.25) is 5.02 Å². The van der Waals surface area contributed by atoms with Crippen molar-refractivity contribution in [3.05, 3.63) is 70.7 Å². The third-order valence-electron chi connectivity index (χ3n) is 4.10. The minimum absolute atomic E-state index is 0.0380. The molecule has 0 spiro atoms. The van der Waals surface area contributed by atoms with E-state index >= 15 is 0 Å². The van der Waals surface area contributed by atoms with E-state index < -0.39 is 0 Å². The SMILES string of the molecule is O=C(NCCc1ccccc1)C1CNNC1c1ccc(Cl)cc1. The maximum atomic E-state index is 12.5. The summed E-state index contributed by atoms with van der Waals surface area (Å²) < 4.78 is 0. The minimum Gasteiger partial charge on any atom is -0.355 e. The summed E-state index contributed by atoms with van der Waals surface area (Å²) in [6.45, 7) is 1.26. The number of nitrogens with one attached hydrogen (secondary N) is 3. The van der Waals surface area contributed by atoms with E-state index in [1.807, 2.05) is 42.5 Å². The number of halogens is 1. The number of hydrogen-bond acceptors (Lipinski definition) is 3. The summed E-state index contributed by atoms with van der Waals surface area (Å²) in [6, 6.07) is 17.7. The van der Waals surface area contributed by atoms with E-state index in [0.717, 1.165) is 12.0 Å². The standard InChI is InChI=1S/C18H20ClN3O/c19-15-8-6-14(7-9-15)17-16(12-21-22-17)18(23)20-11-10-13-4-2-1-3-5-13/h1-9,16-17,21-22H,10-12H2,(H,20,23). The van der Waals surface area contributed by atoms with Crippen molar-refractivity contribution < 1.29 is 4.79 Å². The second-order valence-corrected chi connectivity index (χ2v) is 6.12. The molecule has 1 heterocycles. The minimum atomic E-state index is -0.132. The first-order valence-electron chi connectivity index (χ1n) is 7.79. The van der Waals surface area contributed by atoms with E-state index in [4.69, 9.17) is 11.6 Å². The van der Waals surface area contributed by atoms with E-state index in [1.54, 1.807) is 0 Å². The molecule has 2 atom stereocenters. The lowest BCUT2D eigenvalue weighted by Crippen LogP contribution is -2.36. The molecule has 2 unspecified atom stereocenters. The topological polar surface area (TPSA) is 53.2 Å². The average molecular weight is 330 g/mol. The molecule has 1 aliphatic heterocycles. The van der Waals surface area contributed by atoms with Gasteiger partial charge >= 0.3 is 0 Å². The van der Waals surface area contributed by atoms with Gasteiger partial charge in [0.1, 0.15) is 0 Å². The van der Waals surface area contributed by atoms with Crippen molar-refractivity contribution in [2.75, 3.05) is 13.1 Å². The number of hydrazine groups is 1. The molecular formula is C18H20ClN3O. The van der Waals surface area contributed by atoms with Crippen molar-refractivity contribution >= 4 is 17.5 Å². The summed E-state index contributed by atoms with van der Waals surface area (Å²) in [6.07, 6.45) is 0.839. The Labute approximate surface area is 141 Å². The van der Waals surface area contributed by atoms with Gasteiger partial charge in [-0.1, -0.05) is 54.1 Å². The van der Waals surface area contributed by atoms with Crippen LogP contribution in [0, 0.1) is 5.92 Å². The second-order valence-electron chi connectivity index (χ2n) is 5.69. The summed E-state index contributed by atoms with van der Waals surface area (Å²) >= 11 is 5.93. The molecule has 0 aliphatic carbocycles. The molecule has 5 heteroatoms. The van der Waals surface area contributed by atoms with Crippen LogP contribution in [0.15, 0.2) is 54.6 Å². The van der Waals surface area contributed by atoms with Crippen LogP contribution in [-0.4, -0.2) is 19.0 Å². The van der Waals surface area contributed by atoms with Crippen LogP contribution < -0.4 is 16.2 Å². The van der Waals surface area contributed by atoms with E-state index in [1.165, 1.54) is 5.56 Å². The third kappa shape index (κ3) is 4.10. The number of carbonyl (C=O) groups is 1. The van der Waals surface area contributed by atoms with Gasteiger partial charge in [0.15, 0.2) is 0 Å². The maximum absolute atomic E-state index is 12.5. The van der Waals surface area contributed by atoms with Crippen LogP contribution in [0.1, 0.15) is 17.2 Å². The van der Waals surface area contributed by atoms with Crippen LogP contribution in [0.5, 0.6) is 0 Å². The predicted molar refractivity (Wildman–Crippen MR) is 92.0 cm³/mol. The van der Waals surface area contributed by atoms with Gasteiger partial charge in [0.25, 0.3) is 0 Å². The van der Waals surface area contributed by atoms with Crippen LogP contribution in [0.25, 0.3) is 0 Å². The zero-order valence-electron chi connectivity index (χ0n) is 12.8. The van der Waals surface area contributed by atoms with Gasteiger partial charge in [0.2, 0.25) is 5.91 Å². The van der Waals surface area contributed by atoms with Gasteiger partial charge in [-0.05, 0) is 29.7 Å². The molecule has 0 radical (unpaired) electrons. The fourth-order valence-electron chi connectivity index (χ4n) is 2.83. The number of carbonyl (C=O) groups excluding carboxylic acids is 1. The molecular weight excluding hydrogens is 310 g/mol. The van der Waals surface area contributed by atoms with E-state index in [2.05, 4.69) is 28.3 Å². The molecule has 1 saturated heterocycles. The Hall–Kier alpha value is -1.88. The van der Waals surface area contributed by atoms with E-state index in [9.17, 15) is 4.79 Å². The highest BCUT2D eigenvalue weighted by Crippen LogP contribution is 2.26. The summed E-state index contributed by atoms with van der Waals surface area (Å²) in [7, 11) is 0. The summed E-state index contributed by atoms with van der Waals surface area (Å²) in [5, 5.41) is 3.74. The number of hydrogen-bond donors (Lipinski definition) is 3. The van der Waals surface area contributed by atoms with Crippen molar-refractivity contribution in [3.63, 3.8) is 0 Å². The average Bonchev–Trinajstić information content (AvgIpc) is 3.06. The van der Waals surface area contributed by atoms with Crippen LogP contribution in [0.3, 0.4) is 0 Å². The van der Waals surface area contributed by atoms with Gasteiger partial charge in [0, 0.05) is 18.1 Å². The summed E-state index contributed by atoms with van der Waals surface area (Å²) in [4.78, 5) is 12.5. The van der Waals surface area contributed by atoms with Gasteiger partial charge in [0.05, 0.1) is 12.0 Å². The molecule has 0 aromatic heterocycles. The normalized spacial score (nSPS) is 20.4. The molecule has 23 heavy (non-hydrogen) atoms. The van der Waals surface area contributed by atoms with E-state index in [-0.39, 0.29) is 17.9 Å². The lowest BCUT2D eigenvalue weighted by molar-refractivity contribution is -0.124. The van der Waals surface area contributed by atoms with Crippen LogP contribution in [0.4, 0.5) is 0 Å². The van der Waals surface area contributed by atoms with Gasteiger partial charge in [-0.3, -0.25) is 10.2 Å². The summed E-state index contributed by atoms with van der Waals surface area (Å²) in [5.74, 6) is -0.0645. The molecule has 1 fully saturated rings. The highest BCUT2D eigenvalue weighted by Gasteiger charge is 2.33. The fraction of sp³-hybridized carbons (Fsp3) is 0.278. The number of rotatable bonds is 5. The quantitative estimate of drug-likeness (QED) is 0.790. The Balaban J connectivity index is 1.56. The molecule has 3 rings (SSSR count). The molecule has 4 nitrogen and oxygen atoms in total. The Kier molecular flexibility index (Phi) is 5.28. The second kappa shape index (κ2) is 7.59. The zero-order valence-corrected chi connectivity index (χ0v) is 13.5. The van der Waals surface area contributed by atoms with E-state index in [0.29, 0.717) is 18.1 Å².